The van der Waals surface area contributed by atoms with Gasteiger partial charge in [-0.25, -0.2) is 9.59 Å². The number of hydrogen-bond acceptors (Lipinski definition) is 7. The molecule has 10 nitrogen and oxygen atoms in total. The third kappa shape index (κ3) is 4.33. The highest BCUT2D eigenvalue weighted by Crippen LogP contribution is 2.36. The van der Waals surface area contributed by atoms with Crippen molar-refractivity contribution in [3.8, 4) is 0 Å². The van der Waals surface area contributed by atoms with Crippen molar-refractivity contribution in [1.29, 1.82) is 0 Å². The molecule has 0 aliphatic carbocycles. The van der Waals surface area contributed by atoms with Crippen LogP contribution >= 0.6 is 11.3 Å². The van der Waals surface area contributed by atoms with Gasteiger partial charge in [0.2, 0.25) is 0 Å². The molecule has 32 heavy (non-hydrogen) atoms. The van der Waals surface area contributed by atoms with Crippen LogP contribution in [-0.2, 0) is 9.53 Å². The summed E-state index contributed by atoms with van der Waals surface area (Å²) < 4.78 is 5.12. The number of amides is 3. The molecule has 3 N–H and O–H groups in total. The van der Waals surface area contributed by atoms with Gasteiger partial charge in [0.05, 0.1) is 34.3 Å². The molecule has 0 saturated heterocycles. The van der Waals surface area contributed by atoms with Gasteiger partial charge in [0.1, 0.15) is 5.00 Å². The zero-order chi connectivity index (χ0) is 23.6. The number of hydrogen-bond donors (Lipinski definition) is 3. The number of ether oxygens (including phenoxy) is 1. The number of benzene rings is 1. The van der Waals surface area contributed by atoms with E-state index >= 15 is 0 Å². The first kappa shape index (κ1) is 22.9. The Hall–Kier alpha value is -3.73. The Morgan fingerprint density at radius 3 is 2.59 bits per heavy atom. The number of thiophene rings is 1. The number of carbonyl (C=O) groups is 3. The summed E-state index contributed by atoms with van der Waals surface area (Å²) in [7, 11) is 0. The van der Waals surface area contributed by atoms with E-state index in [0.29, 0.717) is 10.6 Å². The van der Waals surface area contributed by atoms with Gasteiger partial charge in [0.15, 0.2) is 0 Å². The van der Waals surface area contributed by atoms with Gasteiger partial charge in [-0.3, -0.25) is 14.9 Å². The van der Waals surface area contributed by atoms with Gasteiger partial charge < -0.3 is 20.7 Å². The fourth-order valence-electron chi connectivity index (χ4n) is 3.46. The lowest BCUT2D eigenvalue weighted by Crippen LogP contribution is -2.46. The zero-order valence-corrected chi connectivity index (χ0v) is 18.7. The number of carbonyl (C=O) groups excluding carboxylic acids is 3. The minimum absolute atomic E-state index is 0.0948. The minimum Gasteiger partial charge on any atom is -0.462 e. The molecule has 0 bridgehead atoms. The molecule has 11 heteroatoms. The van der Waals surface area contributed by atoms with Gasteiger partial charge in [-0.1, -0.05) is 12.1 Å². The molecule has 2 heterocycles. The van der Waals surface area contributed by atoms with Crippen LogP contribution in [0.25, 0.3) is 0 Å². The Balaban J connectivity index is 2.04. The van der Waals surface area contributed by atoms with Gasteiger partial charge >= 0.3 is 12.0 Å². The fraction of sp³-hybridized carbons (Fsp3) is 0.286. The lowest BCUT2D eigenvalue weighted by Gasteiger charge is -2.28. The second kappa shape index (κ2) is 9.18. The molecule has 1 aromatic heterocycles. The smallest absolute Gasteiger partial charge is 0.341 e. The maximum atomic E-state index is 13.3. The molecule has 0 fully saturated rings. The van der Waals surface area contributed by atoms with E-state index in [1.165, 1.54) is 36.5 Å². The number of esters is 1. The van der Waals surface area contributed by atoms with Gasteiger partial charge in [0.25, 0.3) is 11.6 Å². The van der Waals surface area contributed by atoms with E-state index in [1.54, 1.807) is 19.9 Å². The Morgan fingerprint density at radius 2 is 1.94 bits per heavy atom. The Labute approximate surface area is 187 Å². The minimum atomic E-state index is -1.06. The van der Waals surface area contributed by atoms with Gasteiger partial charge in [-0.15, -0.1) is 11.3 Å². The van der Waals surface area contributed by atoms with Crippen molar-refractivity contribution in [3.05, 3.63) is 67.2 Å². The van der Waals surface area contributed by atoms with Crippen molar-refractivity contribution in [2.45, 2.75) is 33.7 Å². The van der Waals surface area contributed by atoms with Crippen molar-refractivity contribution >= 4 is 39.9 Å². The van der Waals surface area contributed by atoms with Crippen LogP contribution in [0.5, 0.6) is 0 Å². The fourth-order valence-corrected chi connectivity index (χ4v) is 4.50. The average Bonchev–Trinajstić information content (AvgIpc) is 3.00. The molecular formula is C21H22N4O6S. The first-order chi connectivity index (χ1) is 15.1. The quantitative estimate of drug-likeness (QED) is 0.342. The summed E-state index contributed by atoms with van der Waals surface area (Å²) in [6.07, 6.45) is 0. The maximum absolute atomic E-state index is 13.3. The van der Waals surface area contributed by atoms with E-state index in [9.17, 15) is 24.5 Å². The largest absolute Gasteiger partial charge is 0.462 e. The molecule has 0 spiro atoms. The average molecular weight is 458 g/mol. The van der Waals surface area contributed by atoms with Crippen molar-refractivity contribution in [1.82, 2.24) is 10.6 Å². The molecule has 1 aliphatic rings. The van der Waals surface area contributed by atoms with Crippen molar-refractivity contribution in [2.24, 2.45) is 0 Å². The molecule has 3 amide bonds. The number of nitro groups is 1. The summed E-state index contributed by atoms with van der Waals surface area (Å²) in [4.78, 5) is 49.7. The molecule has 0 saturated carbocycles. The summed E-state index contributed by atoms with van der Waals surface area (Å²) in [6.45, 7) is 6.98. The third-order valence-electron chi connectivity index (χ3n) is 5.05. The molecular weight excluding hydrogens is 436 g/mol. The SMILES string of the molecule is CCOC(=O)c1c(NC(=O)C2=C(C)NC(=O)NC2c2ccccc2[N+](=O)[O-])sc(C)c1C. The lowest BCUT2D eigenvalue weighted by atomic mass is 9.93. The van der Waals surface area contributed by atoms with E-state index in [2.05, 4.69) is 16.0 Å². The van der Waals surface area contributed by atoms with Crippen LogP contribution in [0.3, 0.4) is 0 Å². The van der Waals surface area contributed by atoms with Crippen LogP contribution in [0.15, 0.2) is 35.5 Å². The second-order valence-corrected chi connectivity index (χ2v) is 8.27. The molecule has 0 radical (unpaired) electrons. The number of nitrogens with one attached hydrogen (secondary N) is 3. The summed E-state index contributed by atoms with van der Waals surface area (Å²) in [5, 5.41) is 19.7. The first-order valence-electron chi connectivity index (χ1n) is 9.75. The summed E-state index contributed by atoms with van der Waals surface area (Å²) >= 11 is 1.22. The number of rotatable bonds is 6. The topological polar surface area (TPSA) is 140 Å². The first-order valence-corrected chi connectivity index (χ1v) is 10.6. The van der Waals surface area contributed by atoms with Gasteiger partial charge in [-0.2, -0.15) is 0 Å². The number of aryl methyl sites for hydroxylation is 1. The third-order valence-corrected chi connectivity index (χ3v) is 6.17. The standard InChI is InChI=1S/C21H22N4O6S/c1-5-31-20(27)15-10(2)12(4)32-19(15)24-18(26)16-11(3)22-21(28)23-17(16)13-8-6-7-9-14(13)25(29)30/h6-9,17H,5H2,1-4H3,(H,24,26)(H2,22,23,28). The number of para-hydroxylation sites is 1. The van der Waals surface area contributed by atoms with E-state index in [1.807, 2.05) is 6.92 Å². The van der Waals surface area contributed by atoms with Crippen LogP contribution < -0.4 is 16.0 Å². The normalized spacial score (nSPS) is 15.6. The van der Waals surface area contributed by atoms with Crippen molar-refractivity contribution < 1.29 is 24.0 Å². The molecule has 2 aromatic rings. The molecule has 3 rings (SSSR count). The van der Waals surface area contributed by atoms with E-state index in [4.69, 9.17) is 4.74 Å². The zero-order valence-electron chi connectivity index (χ0n) is 17.9. The van der Waals surface area contributed by atoms with E-state index in [0.717, 1.165) is 4.88 Å². The van der Waals surface area contributed by atoms with Crippen LogP contribution in [0.1, 0.15) is 46.3 Å². The van der Waals surface area contributed by atoms with Crippen molar-refractivity contribution in [3.63, 3.8) is 0 Å². The number of nitrogens with zero attached hydrogens (tertiary/aromatic N) is 1. The number of nitro benzene ring substituents is 1. The Bertz CT molecular complexity index is 1150. The van der Waals surface area contributed by atoms with Crippen LogP contribution in [0.2, 0.25) is 0 Å². The molecule has 1 unspecified atom stereocenters. The second-order valence-electron chi connectivity index (χ2n) is 7.05. The van der Waals surface area contributed by atoms with Gasteiger partial charge in [0, 0.05) is 16.6 Å². The van der Waals surface area contributed by atoms with Gasteiger partial charge in [-0.05, 0) is 39.3 Å². The number of allylic oxidation sites excluding steroid dienone is 1. The summed E-state index contributed by atoms with van der Waals surface area (Å²) in [5.74, 6) is -1.16. The van der Waals surface area contributed by atoms with E-state index < -0.39 is 28.9 Å². The highest BCUT2D eigenvalue weighted by Gasteiger charge is 2.35. The number of urea groups is 1. The highest BCUT2D eigenvalue weighted by atomic mass is 32.1. The summed E-state index contributed by atoms with van der Waals surface area (Å²) in [6, 6.07) is 4.24. The van der Waals surface area contributed by atoms with Crippen LogP contribution in [-0.4, -0.2) is 29.4 Å². The predicted octanol–water partition coefficient (Wildman–Crippen LogP) is 3.72. The highest BCUT2D eigenvalue weighted by molar-refractivity contribution is 7.16. The van der Waals surface area contributed by atoms with Crippen LogP contribution in [0, 0.1) is 24.0 Å². The van der Waals surface area contributed by atoms with E-state index in [-0.39, 0.29) is 34.7 Å². The molecule has 1 aromatic carbocycles. The summed E-state index contributed by atoms with van der Waals surface area (Å²) in [5.41, 5.74) is 1.24. The van der Waals surface area contributed by atoms with Crippen molar-refractivity contribution in [2.75, 3.05) is 11.9 Å². The Morgan fingerprint density at radius 1 is 1.25 bits per heavy atom. The van der Waals surface area contributed by atoms with Crippen LogP contribution in [0.4, 0.5) is 15.5 Å². The predicted molar refractivity (Wildman–Crippen MR) is 119 cm³/mol. The number of anilines is 1. The Kier molecular flexibility index (Phi) is 6.58. The molecule has 1 atom stereocenters. The molecule has 168 valence electrons. The monoisotopic (exact) mass is 458 g/mol. The lowest BCUT2D eigenvalue weighted by molar-refractivity contribution is -0.385. The molecule has 1 aliphatic heterocycles. The maximum Gasteiger partial charge on any atom is 0.341 e.